The fourth-order valence-corrected chi connectivity index (χ4v) is 1.27. The van der Waals surface area contributed by atoms with E-state index >= 15 is 0 Å². The largest absolute Gasteiger partial charge is 0.433 e. The molecule has 0 atom stereocenters. The molecule has 2 aromatic rings. The van der Waals surface area contributed by atoms with Crippen LogP contribution in [-0.2, 0) is 0 Å². The molecule has 1 aromatic heterocycles. The molecule has 1 heterocycles. The summed E-state index contributed by atoms with van der Waals surface area (Å²) in [6.07, 6.45) is 2.83. The zero-order chi connectivity index (χ0) is 11.5. The molecule has 0 saturated heterocycles. The topological polar surface area (TPSA) is 81.0 Å². The lowest BCUT2D eigenvalue weighted by Gasteiger charge is -2.05. The summed E-state index contributed by atoms with van der Waals surface area (Å²) in [5.74, 6) is 0.223. The van der Waals surface area contributed by atoms with E-state index in [4.69, 9.17) is 22.1 Å². The predicted octanol–water partition coefficient (Wildman–Crippen LogP) is 1.80. The van der Waals surface area contributed by atoms with E-state index in [-0.39, 0.29) is 5.88 Å². The predicted molar refractivity (Wildman–Crippen MR) is 60.8 cm³/mol. The first-order chi connectivity index (χ1) is 7.66. The number of nitrogens with one attached hydrogen (secondary N) is 1. The monoisotopic (exact) mass is 237 g/mol. The lowest BCUT2D eigenvalue weighted by Crippen LogP contribution is -2.09. The zero-order valence-electron chi connectivity index (χ0n) is 8.11. The molecule has 0 aliphatic carbocycles. The molecule has 0 bridgehead atoms. The number of aromatic amines is 1. The molecule has 82 valence electrons. The Morgan fingerprint density at radius 3 is 3.00 bits per heavy atom. The van der Waals surface area contributed by atoms with Crippen LogP contribution in [-0.4, -0.2) is 9.97 Å². The fraction of sp³-hybridized carbons (Fsp3) is 0. The lowest BCUT2D eigenvalue weighted by molar-refractivity contribution is 0.454. The number of ether oxygens (including phenoxy) is 1. The number of anilines is 1. The van der Waals surface area contributed by atoms with Crippen molar-refractivity contribution in [3.05, 3.63) is 46.0 Å². The number of H-pyrrole nitrogens is 1. The van der Waals surface area contributed by atoms with E-state index in [1.54, 1.807) is 12.1 Å². The Hall–Kier alpha value is -2.01. The number of nitrogen functional groups attached to an aromatic ring is 1. The molecule has 2 rings (SSSR count). The van der Waals surface area contributed by atoms with Crippen LogP contribution in [0.5, 0.6) is 11.6 Å². The van der Waals surface area contributed by atoms with Gasteiger partial charge in [-0.25, -0.2) is 4.98 Å². The van der Waals surface area contributed by atoms with Gasteiger partial charge in [0.15, 0.2) is 0 Å². The Labute approximate surface area is 95.8 Å². The molecule has 0 radical (unpaired) electrons. The normalized spacial score (nSPS) is 10.1. The Balaban J connectivity index is 2.38. The summed E-state index contributed by atoms with van der Waals surface area (Å²) in [5, 5.41) is 0.360. The number of rotatable bonds is 2. The standard InChI is InChI=1S/C10H8ClN3O2/c11-7-2-1-6(12)5-8(7)16-10-9(15)13-3-4-14-10/h1-5H,12H2,(H,13,15). The van der Waals surface area contributed by atoms with Gasteiger partial charge in [0.2, 0.25) is 0 Å². The van der Waals surface area contributed by atoms with Gasteiger partial charge in [-0.15, -0.1) is 0 Å². The lowest BCUT2D eigenvalue weighted by atomic mass is 10.3. The second kappa shape index (κ2) is 4.24. The van der Waals surface area contributed by atoms with Crippen LogP contribution in [0.1, 0.15) is 0 Å². The number of benzene rings is 1. The molecule has 0 fully saturated rings. The molecule has 0 aliphatic heterocycles. The van der Waals surface area contributed by atoms with Crippen LogP contribution in [0.15, 0.2) is 35.4 Å². The third kappa shape index (κ3) is 2.14. The highest BCUT2D eigenvalue weighted by Crippen LogP contribution is 2.28. The first-order valence-electron chi connectivity index (χ1n) is 4.43. The van der Waals surface area contributed by atoms with Crippen molar-refractivity contribution in [1.29, 1.82) is 0 Å². The minimum absolute atomic E-state index is 0.0741. The number of hydrogen-bond donors (Lipinski definition) is 2. The van der Waals surface area contributed by atoms with Crippen LogP contribution in [0.2, 0.25) is 5.02 Å². The maximum atomic E-state index is 11.3. The Kier molecular flexibility index (Phi) is 2.78. The van der Waals surface area contributed by atoms with Crippen molar-refractivity contribution in [2.75, 3.05) is 5.73 Å². The van der Waals surface area contributed by atoms with E-state index in [1.807, 2.05) is 0 Å². The number of nitrogens with two attached hydrogens (primary N) is 1. The van der Waals surface area contributed by atoms with E-state index in [1.165, 1.54) is 18.5 Å². The zero-order valence-corrected chi connectivity index (χ0v) is 8.86. The second-order valence-electron chi connectivity index (χ2n) is 3.02. The fourth-order valence-electron chi connectivity index (χ4n) is 1.11. The molecule has 1 aromatic carbocycles. The van der Waals surface area contributed by atoms with Gasteiger partial charge in [-0.1, -0.05) is 11.6 Å². The van der Waals surface area contributed by atoms with Gasteiger partial charge in [0.1, 0.15) is 5.75 Å². The van der Waals surface area contributed by atoms with Crippen molar-refractivity contribution in [3.63, 3.8) is 0 Å². The van der Waals surface area contributed by atoms with Crippen LogP contribution >= 0.6 is 11.6 Å². The van der Waals surface area contributed by atoms with E-state index in [0.29, 0.717) is 16.5 Å². The number of nitrogens with zero attached hydrogens (tertiary/aromatic N) is 1. The number of halogens is 1. The number of aromatic nitrogens is 2. The molecule has 0 unspecified atom stereocenters. The van der Waals surface area contributed by atoms with Gasteiger partial charge in [-0.3, -0.25) is 4.79 Å². The van der Waals surface area contributed by atoms with Gasteiger partial charge in [0, 0.05) is 24.1 Å². The smallest absolute Gasteiger partial charge is 0.311 e. The average Bonchev–Trinajstić information content (AvgIpc) is 2.27. The van der Waals surface area contributed by atoms with Crippen molar-refractivity contribution in [3.8, 4) is 11.6 Å². The van der Waals surface area contributed by atoms with Gasteiger partial charge < -0.3 is 15.5 Å². The summed E-state index contributed by atoms with van der Waals surface area (Å²) in [6.45, 7) is 0. The number of hydrogen-bond acceptors (Lipinski definition) is 4. The third-order valence-corrected chi connectivity index (χ3v) is 2.15. The quantitative estimate of drug-likeness (QED) is 0.781. The Bertz CT molecular complexity index is 568. The highest BCUT2D eigenvalue weighted by molar-refractivity contribution is 6.32. The van der Waals surface area contributed by atoms with Gasteiger partial charge in [0.25, 0.3) is 5.88 Å². The Morgan fingerprint density at radius 2 is 2.25 bits per heavy atom. The van der Waals surface area contributed by atoms with Gasteiger partial charge in [0.05, 0.1) is 5.02 Å². The average molecular weight is 238 g/mol. The minimum atomic E-state index is -0.430. The summed E-state index contributed by atoms with van der Waals surface area (Å²) >= 11 is 5.88. The van der Waals surface area contributed by atoms with Crippen molar-refractivity contribution < 1.29 is 4.74 Å². The van der Waals surface area contributed by atoms with Gasteiger partial charge in [-0.2, -0.15) is 0 Å². The van der Waals surface area contributed by atoms with Gasteiger partial charge in [-0.05, 0) is 12.1 Å². The summed E-state index contributed by atoms with van der Waals surface area (Å²) in [7, 11) is 0. The summed E-state index contributed by atoms with van der Waals surface area (Å²) in [5.41, 5.74) is 5.64. The van der Waals surface area contributed by atoms with Crippen molar-refractivity contribution in [2.24, 2.45) is 0 Å². The second-order valence-corrected chi connectivity index (χ2v) is 3.42. The summed E-state index contributed by atoms with van der Waals surface area (Å²) < 4.78 is 5.25. The highest BCUT2D eigenvalue weighted by atomic mass is 35.5. The van der Waals surface area contributed by atoms with Crippen LogP contribution in [0, 0.1) is 0 Å². The minimum Gasteiger partial charge on any atom is -0.433 e. The molecule has 5 nitrogen and oxygen atoms in total. The Morgan fingerprint density at radius 1 is 1.44 bits per heavy atom. The summed E-state index contributed by atoms with van der Waals surface area (Å²) in [4.78, 5) is 17.5. The van der Waals surface area contributed by atoms with E-state index in [9.17, 15) is 4.79 Å². The molecular weight excluding hydrogens is 230 g/mol. The molecule has 3 N–H and O–H groups in total. The van der Waals surface area contributed by atoms with Crippen molar-refractivity contribution in [1.82, 2.24) is 9.97 Å². The molecule has 6 heteroatoms. The van der Waals surface area contributed by atoms with E-state index < -0.39 is 5.56 Å². The van der Waals surface area contributed by atoms with Crippen LogP contribution < -0.4 is 16.0 Å². The summed E-state index contributed by atoms with van der Waals surface area (Å²) in [6, 6.07) is 4.75. The van der Waals surface area contributed by atoms with E-state index in [0.717, 1.165) is 0 Å². The third-order valence-electron chi connectivity index (χ3n) is 1.84. The first-order valence-corrected chi connectivity index (χ1v) is 4.81. The molecule has 16 heavy (non-hydrogen) atoms. The molecule has 0 amide bonds. The van der Waals surface area contributed by atoms with Crippen LogP contribution in [0.3, 0.4) is 0 Å². The molecule has 0 aliphatic rings. The van der Waals surface area contributed by atoms with Crippen molar-refractivity contribution in [2.45, 2.75) is 0 Å². The van der Waals surface area contributed by atoms with Crippen LogP contribution in [0.4, 0.5) is 5.69 Å². The first kappa shape index (κ1) is 10.5. The molecular formula is C10H8ClN3O2. The van der Waals surface area contributed by atoms with E-state index in [2.05, 4.69) is 9.97 Å². The van der Waals surface area contributed by atoms with Crippen molar-refractivity contribution >= 4 is 17.3 Å². The highest BCUT2D eigenvalue weighted by Gasteiger charge is 2.07. The SMILES string of the molecule is Nc1ccc(Cl)c(Oc2ncc[nH]c2=O)c1. The maximum absolute atomic E-state index is 11.3. The molecule has 0 spiro atoms. The maximum Gasteiger partial charge on any atom is 0.311 e. The van der Waals surface area contributed by atoms with Crippen LogP contribution in [0.25, 0.3) is 0 Å². The molecule has 0 saturated carbocycles. The van der Waals surface area contributed by atoms with Gasteiger partial charge >= 0.3 is 5.56 Å².